The summed E-state index contributed by atoms with van der Waals surface area (Å²) in [6.07, 6.45) is 8.00. The Bertz CT molecular complexity index is 596. The van der Waals surface area contributed by atoms with E-state index in [2.05, 4.69) is 19.9 Å². The zero-order valence-corrected chi connectivity index (χ0v) is 14.5. The van der Waals surface area contributed by atoms with Crippen LogP contribution in [0.1, 0.15) is 69.4 Å². The third-order valence-electron chi connectivity index (χ3n) is 7.57. The molecule has 126 valence electrons. The highest BCUT2D eigenvalue weighted by Gasteiger charge is 2.56. The summed E-state index contributed by atoms with van der Waals surface area (Å²) >= 11 is 0. The van der Waals surface area contributed by atoms with Crippen LogP contribution in [0.2, 0.25) is 0 Å². The van der Waals surface area contributed by atoms with E-state index in [4.69, 9.17) is 0 Å². The Hall–Kier alpha value is -1.02. The molecule has 0 unspecified atom stereocenters. The molecule has 3 aliphatic rings. The lowest BCUT2D eigenvalue weighted by Crippen LogP contribution is -2.45. The van der Waals surface area contributed by atoms with E-state index in [0.29, 0.717) is 23.0 Å². The van der Waals surface area contributed by atoms with Crippen LogP contribution in [-0.4, -0.2) is 16.3 Å². The van der Waals surface area contributed by atoms with Crippen molar-refractivity contribution in [3.8, 4) is 5.75 Å². The van der Waals surface area contributed by atoms with E-state index in [1.54, 1.807) is 0 Å². The van der Waals surface area contributed by atoms with E-state index in [0.717, 1.165) is 31.1 Å². The van der Waals surface area contributed by atoms with Crippen molar-refractivity contribution < 1.29 is 10.2 Å². The van der Waals surface area contributed by atoms with Gasteiger partial charge in [-0.25, -0.2) is 0 Å². The standard InChI is InChI=1S/C21H30O2/c1-3-13-11-21(4-2)12-16(23)10-19(21)18-7-5-14-9-15(22)6-8-17(14)20(13)18/h6,8-9,13,16,18-20,22-23H,3-5,7,10-12H2,1-2H3/t13-,16+,18-,19-,20+,21+/m0/s1. The van der Waals surface area contributed by atoms with Crippen molar-refractivity contribution in [3.63, 3.8) is 0 Å². The second-order valence-electron chi connectivity index (χ2n) is 8.40. The average molecular weight is 314 g/mol. The molecule has 2 saturated carbocycles. The molecule has 2 heteroatoms. The van der Waals surface area contributed by atoms with Crippen LogP contribution in [0.3, 0.4) is 0 Å². The molecule has 4 rings (SSSR count). The van der Waals surface area contributed by atoms with Gasteiger partial charge in [-0.2, -0.15) is 0 Å². The summed E-state index contributed by atoms with van der Waals surface area (Å²) in [5, 5.41) is 20.2. The first kappa shape index (κ1) is 15.5. The number of aliphatic hydroxyl groups excluding tert-OH is 1. The largest absolute Gasteiger partial charge is 0.508 e. The molecule has 0 radical (unpaired) electrons. The SMILES string of the molecule is CC[C@H]1C[C@]2(CC)C[C@H](O)C[C@H]2[C@@H]2CCc3cc(O)ccc3[C@@H]12. The predicted molar refractivity (Wildman–Crippen MR) is 92.5 cm³/mol. The summed E-state index contributed by atoms with van der Waals surface area (Å²) in [6, 6.07) is 6.05. The van der Waals surface area contributed by atoms with E-state index in [9.17, 15) is 10.2 Å². The van der Waals surface area contributed by atoms with Crippen LogP contribution in [0.25, 0.3) is 0 Å². The van der Waals surface area contributed by atoms with E-state index in [1.165, 1.54) is 36.8 Å². The highest BCUT2D eigenvalue weighted by atomic mass is 16.3. The zero-order chi connectivity index (χ0) is 16.2. The lowest BCUT2D eigenvalue weighted by atomic mass is 9.50. The first-order valence-corrected chi connectivity index (χ1v) is 9.58. The van der Waals surface area contributed by atoms with Gasteiger partial charge in [0.2, 0.25) is 0 Å². The summed E-state index contributed by atoms with van der Waals surface area (Å²) in [5.41, 5.74) is 3.25. The highest BCUT2D eigenvalue weighted by Crippen LogP contribution is 2.64. The Morgan fingerprint density at radius 3 is 2.78 bits per heavy atom. The molecule has 23 heavy (non-hydrogen) atoms. The second-order valence-corrected chi connectivity index (χ2v) is 8.40. The maximum Gasteiger partial charge on any atom is 0.115 e. The molecule has 0 spiro atoms. The zero-order valence-electron chi connectivity index (χ0n) is 14.5. The van der Waals surface area contributed by atoms with Gasteiger partial charge in [0.1, 0.15) is 5.75 Å². The number of aromatic hydroxyl groups is 1. The van der Waals surface area contributed by atoms with Gasteiger partial charge in [0.25, 0.3) is 0 Å². The van der Waals surface area contributed by atoms with Crippen molar-refractivity contribution >= 4 is 0 Å². The molecule has 6 atom stereocenters. The van der Waals surface area contributed by atoms with E-state index in [1.807, 2.05) is 12.1 Å². The topological polar surface area (TPSA) is 40.5 Å². The molecule has 0 aliphatic heterocycles. The summed E-state index contributed by atoms with van der Waals surface area (Å²) in [4.78, 5) is 0. The molecule has 2 fully saturated rings. The van der Waals surface area contributed by atoms with Crippen LogP contribution >= 0.6 is 0 Å². The summed E-state index contributed by atoms with van der Waals surface area (Å²) in [6.45, 7) is 4.68. The van der Waals surface area contributed by atoms with E-state index < -0.39 is 0 Å². The third-order valence-corrected chi connectivity index (χ3v) is 7.57. The van der Waals surface area contributed by atoms with E-state index in [-0.39, 0.29) is 6.10 Å². The number of hydrogen-bond acceptors (Lipinski definition) is 2. The molecule has 1 aromatic rings. The van der Waals surface area contributed by atoms with Gasteiger partial charge in [-0.15, -0.1) is 0 Å². The minimum absolute atomic E-state index is 0.0857. The maximum absolute atomic E-state index is 10.4. The van der Waals surface area contributed by atoms with Gasteiger partial charge >= 0.3 is 0 Å². The van der Waals surface area contributed by atoms with Gasteiger partial charge in [0.05, 0.1) is 6.10 Å². The van der Waals surface area contributed by atoms with Crippen LogP contribution in [0.5, 0.6) is 5.75 Å². The summed E-state index contributed by atoms with van der Waals surface area (Å²) in [7, 11) is 0. The van der Waals surface area contributed by atoms with Crippen molar-refractivity contribution in [2.45, 2.75) is 70.8 Å². The molecule has 0 amide bonds. The molecule has 1 aromatic carbocycles. The molecule has 2 nitrogen and oxygen atoms in total. The lowest BCUT2D eigenvalue weighted by Gasteiger charge is -2.54. The minimum Gasteiger partial charge on any atom is -0.508 e. The number of benzene rings is 1. The third kappa shape index (κ3) is 2.25. The van der Waals surface area contributed by atoms with Crippen molar-refractivity contribution in [1.29, 1.82) is 0 Å². The van der Waals surface area contributed by atoms with Crippen molar-refractivity contribution in [1.82, 2.24) is 0 Å². The number of phenols is 1. The van der Waals surface area contributed by atoms with Crippen molar-refractivity contribution in [2.75, 3.05) is 0 Å². The molecule has 0 heterocycles. The maximum atomic E-state index is 10.4. The van der Waals surface area contributed by atoms with Crippen molar-refractivity contribution in [2.24, 2.45) is 23.2 Å². The van der Waals surface area contributed by atoms with Gasteiger partial charge in [-0.3, -0.25) is 0 Å². The second kappa shape index (κ2) is 5.51. The molecular weight excluding hydrogens is 284 g/mol. The van der Waals surface area contributed by atoms with Gasteiger partial charge < -0.3 is 10.2 Å². The fourth-order valence-electron chi connectivity index (χ4n) is 6.63. The van der Waals surface area contributed by atoms with Crippen LogP contribution < -0.4 is 0 Å². The van der Waals surface area contributed by atoms with Crippen LogP contribution in [-0.2, 0) is 6.42 Å². The fraction of sp³-hybridized carbons (Fsp3) is 0.714. The number of fused-ring (bicyclic) bond motifs is 5. The molecular formula is C21H30O2. The van der Waals surface area contributed by atoms with Gasteiger partial charge in [-0.1, -0.05) is 32.8 Å². The predicted octanol–water partition coefficient (Wildman–Crippen LogP) is 4.64. The quantitative estimate of drug-likeness (QED) is 0.835. The molecule has 2 N–H and O–H groups in total. The Morgan fingerprint density at radius 1 is 1.22 bits per heavy atom. The highest BCUT2D eigenvalue weighted by molar-refractivity contribution is 5.40. The number of phenolic OH excluding ortho intramolecular Hbond substituents is 1. The van der Waals surface area contributed by atoms with Crippen LogP contribution in [0.4, 0.5) is 0 Å². The first-order chi connectivity index (χ1) is 11.1. The number of aryl methyl sites for hydroxylation is 1. The summed E-state index contributed by atoms with van der Waals surface area (Å²) in [5.74, 6) is 3.19. The Labute approximate surface area is 139 Å². The number of rotatable bonds is 2. The number of hydrogen-bond donors (Lipinski definition) is 2. The molecule has 0 aromatic heterocycles. The van der Waals surface area contributed by atoms with Crippen LogP contribution in [0.15, 0.2) is 18.2 Å². The Kier molecular flexibility index (Phi) is 3.72. The lowest BCUT2D eigenvalue weighted by molar-refractivity contribution is -0.000238. The molecule has 3 aliphatic carbocycles. The van der Waals surface area contributed by atoms with E-state index >= 15 is 0 Å². The minimum atomic E-state index is -0.0857. The normalized spacial score (nSPS) is 42.0. The van der Waals surface area contributed by atoms with Gasteiger partial charge in [0.15, 0.2) is 0 Å². The Balaban J connectivity index is 1.77. The van der Waals surface area contributed by atoms with Crippen molar-refractivity contribution in [3.05, 3.63) is 29.3 Å². The molecule has 0 saturated heterocycles. The van der Waals surface area contributed by atoms with Crippen LogP contribution in [0, 0.1) is 23.2 Å². The fourth-order valence-corrected chi connectivity index (χ4v) is 6.63. The summed E-state index contributed by atoms with van der Waals surface area (Å²) < 4.78 is 0. The average Bonchev–Trinajstić information content (AvgIpc) is 2.90. The van der Waals surface area contributed by atoms with Gasteiger partial charge in [-0.05, 0) is 84.5 Å². The smallest absolute Gasteiger partial charge is 0.115 e. The van der Waals surface area contributed by atoms with Gasteiger partial charge in [0, 0.05) is 0 Å². The first-order valence-electron chi connectivity index (χ1n) is 9.58. The molecule has 0 bridgehead atoms. The monoisotopic (exact) mass is 314 g/mol. The number of aliphatic hydroxyl groups is 1. The Morgan fingerprint density at radius 2 is 2.04 bits per heavy atom.